The van der Waals surface area contributed by atoms with Gasteiger partial charge in [-0.3, -0.25) is 24.0 Å². The van der Waals surface area contributed by atoms with Crippen molar-refractivity contribution < 1.29 is 38.9 Å². The van der Waals surface area contributed by atoms with Gasteiger partial charge in [0.25, 0.3) is 0 Å². The van der Waals surface area contributed by atoms with Crippen LogP contribution in [0.4, 0.5) is 0 Å². The van der Waals surface area contributed by atoms with Gasteiger partial charge in [-0.15, -0.1) is 0 Å². The van der Waals surface area contributed by atoms with E-state index < -0.39 is 64.2 Å². The summed E-state index contributed by atoms with van der Waals surface area (Å²) in [5.41, 5.74) is 4.27. The van der Waals surface area contributed by atoms with Crippen LogP contribution in [0.1, 0.15) is 54.1 Å². The number of rotatable bonds is 3. The summed E-state index contributed by atoms with van der Waals surface area (Å²) in [7, 11) is 0. The lowest BCUT2D eigenvalue weighted by atomic mass is 9.49. The monoisotopic (exact) mass is 483 g/mol. The zero-order valence-electron chi connectivity index (χ0n) is 19.7. The van der Waals surface area contributed by atoms with E-state index in [2.05, 4.69) is 0 Å². The molecule has 9 heteroatoms. The Kier molecular flexibility index (Phi) is 5.49. The van der Waals surface area contributed by atoms with Crippen LogP contribution in [0.5, 0.6) is 5.75 Å². The van der Waals surface area contributed by atoms with E-state index in [0.717, 1.165) is 12.0 Å². The fourth-order valence-electron chi connectivity index (χ4n) is 7.04. The van der Waals surface area contributed by atoms with E-state index in [9.17, 15) is 34.2 Å². The second-order valence-electron chi connectivity index (χ2n) is 10.7. The molecule has 0 aromatic heterocycles. The van der Waals surface area contributed by atoms with Crippen LogP contribution in [0.2, 0.25) is 0 Å². The maximum absolute atomic E-state index is 13.8. The maximum Gasteiger partial charge on any atom is 0.235 e. The van der Waals surface area contributed by atoms with E-state index in [1.807, 2.05) is 0 Å². The molecular weight excluding hydrogens is 454 g/mol. The number of aliphatic hydroxyl groups is 1. The molecule has 5 rings (SSSR count). The molecular formula is C26H29NO8. The maximum atomic E-state index is 13.8. The molecule has 4 N–H and O–H groups in total. The number of nitrogens with two attached hydrogens (primary N) is 1. The Balaban J connectivity index is 1.63. The Morgan fingerprint density at radius 2 is 1.89 bits per heavy atom. The molecule has 1 heterocycles. The summed E-state index contributed by atoms with van der Waals surface area (Å²) in [6.45, 7) is 4.54. The minimum atomic E-state index is -2.66. The lowest BCUT2D eigenvalue weighted by molar-refractivity contribution is -0.182. The highest BCUT2D eigenvalue weighted by Gasteiger charge is 2.69. The SMILES string of the molecule is CC(C)[C@@H]1C(=O)C(C(N)=O)C(=O)[C@@]2(O)C(=O)C3C(=O)c4c(O)ccc(C5CCOC5)c4C[C@H]3C[C@@H]12. The first-order valence-electron chi connectivity index (χ1n) is 12.1. The third kappa shape index (κ3) is 3.17. The van der Waals surface area contributed by atoms with Gasteiger partial charge in [0.2, 0.25) is 5.91 Å². The van der Waals surface area contributed by atoms with Gasteiger partial charge in [-0.25, -0.2) is 0 Å². The summed E-state index contributed by atoms with van der Waals surface area (Å²) >= 11 is 0. The molecule has 0 spiro atoms. The first-order valence-corrected chi connectivity index (χ1v) is 12.1. The number of hydrogen-bond acceptors (Lipinski definition) is 8. The van der Waals surface area contributed by atoms with Gasteiger partial charge in [0, 0.05) is 24.4 Å². The standard InChI is InChI=1S/C26H29NO8/c1-10(2)17-15-8-12-7-14-13(11-5-6-35-9-11)3-4-16(28)19(14)22(30)18(12)23(31)26(15,34)24(32)20(21(17)29)25(27)33/h3-4,10-12,15,17-18,20,28,34H,5-9H2,1-2H3,(H2,27,33)/t11?,12-,15-,17-,18?,20?,26-/m0/s1. The fourth-order valence-corrected chi connectivity index (χ4v) is 7.04. The predicted octanol–water partition coefficient (Wildman–Crippen LogP) is 0.713. The van der Waals surface area contributed by atoms with Crippen molar-refractivity contribution in [3.8, 4) is 5.75 Å². The Bertz CT molecular complexity index is 1170. The fraction of sp³-hybridized carbons (Fsp3) is 0.577. The second-order valence-corrected chi connectivity index (χ2v) is 10.7. The summed E-state index contributed by atoms with van der Waals surface area (Å²) in [6.07, 6.45) is 1.14. The first-order chi connectivity index (χ1) is 16.5. The summed E-state index contributed by atoms with van der Waals surface area (Å²) in [5.74, 6) is -11.2. The van der Waals surface area contributed by atoms with Gasteiger partial charge < -0.3 is 20.7 Å². The minimum absolute atomic E-state index is 0.0391. The molecule has 1 aromatic carbocycles. The van der Waals surface area contributed by atoms with Crippen LogP contribution in [-0.4, -0.2) is 58.1 Å². The van der Waals surface area contributed by atoms with Crippen molar-refractivity contribution >= 4 is 29.0 Å². The number of phenolic OH excluding ortho intramolecular Hbond substituents is 1. The van der Waals surface area contributed by atoms with Gasteiger partial charge in [0.1, 0.15) is 5.75 Å². The van der Waals surface area contributed by atoms with E-state index >= 15 is 0 Å². The minimum Gasteiger partial charge on any atom is -0.507 e. The molecule has 9 nitrogen and oxygen atoms in total. The number of amides is 1. The van der Waals surface area contributed by atoms with Crippen molar-refractivity contribution in [2.24, 2.45) is 41.2 Å². The number of aromatic hydroxyl groups is 1. The van der Waals surface area contributed by atoms with Crippen molar-refractivity contribution in [1.29, 1.82) is 0 Å². The molecule has 35 heavy (non-hydrogen) atoms. The zero-order chi connectivity index (χ0) is 25.4. The van der Waals surface area contributed by atoms with Gasteiger partial charge in [-0.05, 0) is 48.3 Å². The number of fused-ring (bicyclic) bond motifs is 3. The number of benzene rings is 1. The molecule has 1 aromatic rings. The van der Waals surface area contributed by atoms with Crippen LogP contribution in [0.25, 0.3) is 0 Å². The lowest BCUT2D eigenvalue weighted by Gasteiger charge is -2.52. The average Bonchev–Trinajstić information content (AvgIpc) is 3.30. The number of hydrogen-bond donors (Lipinski definition) is 3. The Morgan fingerprint density at radius 3 is 2.49 bits per heavy atom. The Labute approximate surface area is 202 Å². The molecule has 4 aliphatic rings. The van der Waals surface area contributed by atoms with Crippen LogP contribution in [0, 0.1) is 35.5 Å². The third-order valence-corrected chi connectivity index (χ3v) is 8.60. The molecule has 1 amide bonds. The molecule has 1 aliphatic heterocycles. The third-order valence-electron chi connectivity index (χ3n) is 8.60. The smallest absolute Gasteiger partial charge is 0.235 e. The van der Waals surface area contributed by atoms with Gasteiger partial charge in [-0.1, -0.05) is 19.9 Å². The van der Waals surface area contributed by atoms with Crippen LogP contribution in [0.3, 0.4) is 0 Å². The first kappa shape index (κ1) is 23.8. The largest absolute Gasteiger partial charge is 0.507 e. The molecule has 3 unspecified atom stereocenters. The lowest BCUT2D eigenvalue weighted by Crippen LogP contribution is -2.71. The van der Waals surface area contributed by atoms with Crippen molar-refractivity contribution in [1.82, 2.24) is 0 Å². The number of Topliss-reactive ketones (excluding diaryl/α,β-unsaturated/α-hetero) is 4. The van der Waals surface area contributed by atoms with Gasteiger partial charge in [0.15, 0.2) is 34.7 Å². The summed E-state index contributed by atoms with van der Waals surface area (Å²) < 4.78 is 5.51. The van der Waals surface area contributed by atoms with Crippen LogP contribution < -0.4 is 5.73 Å². The molecule has 7 atom stereocenters. The van der Waals surface area contributed by atoms with E-state index in [1.54, 1.807) is 19.9 Å². The molecule has 0 bridgehead atoms. The molecule has 3 fully saturated rings. The van der Waals surface area contributed by atoms with Gasteiger partial charge >= 0.3 is 0 Å². The quantitative estimate of drug-likeness (QED) is 0.530. The van der Waals surface area contributed by atoms with Crippen LogP contribution in [0.15, 0.2) is 12.1 Å². The Hall–Kier alpha value is -2.91. The molecule has 186 valence electrons. The summed E-state index contributed by atoms with van der Waals surface area (Å²) in [5, 5.41) is 22.2. The number of carbonyl (C=O) groups is 5. The number of ether oxygens (including phenoxy) is 1. The molecule has 3 aliphatic carbocycles. The topological polar surface area (TPSA) is 161 Å². The zero-order valence-corrected chi connectivity index (χ0v) is 19.7. The van der Waals surface area contributed by atoms with Gasteiger partial charge in [0.05, 0.1) is 18.1 Å². The molecule has 2 saturated carbocycles. The summed E-state index contributed by atoms with van der Waals surface area (Å²) in [4.78, 5) is 65.9. The number of phenols is 1. The Morgan fingerprint density at radius 1 is 1.17 bits per heavy atom. The predicted molar refractivity (Wildman–Crippen MR) is 120 cm³/mol. The van der Waals surface area contributed by atoms with E-state index in [-0.39, 0.29) is 36.0 Å². The number of ketones is 4. The van der Waals surface area contributed by atoms with Crippen molar-refractivity contribution in [2.75, 3.05) is 13.2 Å². The highest BCUT2D eigenvalue weighted by Crippen LogP contribution is 2.53. The van der Waals surface area contributed by atoms with Gasteiger partial charge in [-0.2, -0.15) is 0 Å². The highest BCUT2D eigenvalue weighted by atomic mass is 16.5. The molecule has 0 radical (unpaired) electrons. The molecule has 1 saturated heterocycles. The summed E-state index contributed by atoms with van der Waals surface area (Å²) in [6, 6.07) is 3.21. The van der Waals surface area contributed by atoms with Crippen molar-refractivity contribution in [3.63, 3.8) is 0 Å². The van der Waals surface area contributed by atoms with E-state index in [0.29, 0.717) is 18.8 Å². The van der Waals surface area contributed by atoms with Crippen LogP contribution in [-0.2, 0) is 30.3 Å². The van der Waals surface area contributed by atoms with Crippen molar-refractivity contribution in [3.05, 3.63) is 28.8 Å². The normalized spacial score (nSPS) is 36.7. The average molecular weight is 484 g/mol. The van der Waals surface area contributed by atoms with E-state index in [4.69, 9.17) is 10.5 Å². The highest BCUT2D eigenvalue weighted by molar-refractivity contribution is 6.31. The van der Waals surface area contributed by atoms with Crippen LogP contribution >= 0.6 is 0 Å². The number of primary amides is 1. The van der Waals surface area contributed by atoms with Crippen molar-refractivity contribution in [2.45, 2.75) is 44.6 Å². The number of carbonyl (C=O) groups excluding carboxylic acids is 5. The van der Waals surface area contributed by atoms with E-state index in [1.165, 1.54) is 6.07 Å². The second kappa shape index (κ2) is 8.06.